The second-order valence-electron chi connectivity index (χ2n) is 4.70. The molecule has 1 fully saturated rings. The van der Waals surface area contributed by atoms with E-state index in [1.165, 1.54) is 12.8 Å². The molecule has 0 bridgehead atoms. The number of carbonyl (C=O) groups is 1. The lowest BCUT2D eigenvalue weighted by atomic mass is 10.3. The topological polar surface area (TPSA) is 47.6 Å². The van der Waals surface area contributed by atoms with Gasteiger partial charge in [0, 0.05) is 4.47 Å². The van der Waals surface area contributed by atoms with Gasteiger partial charge in [0.15, 0.2) is 6.10 Å². The van der Waals surface area contributed by atoms with Crippen molar-refractivity contribution in [3.63, 3.8) is 0 Å². The Morgan fingerprint density at radius 3 is 2.58 bits per heavy atom. The summed E-state index contributed by atoms with van der Waals surface area (Å²) in [5, 5.41) is 0. The van der Waals surface area contributed by atoms with E-state index in [0.717, 1.165) is 17.3 Å². The minimum absolute atomic E-state index is 0.156. The number of ether oxygens (including phenoxy) is 1. The highest BCUT2D eigenvalue weighted by Gasteiger charge is 2.20. The Balaban J connectivity index is 1.76. The number of hydroxylamine groups is 1. The maximum Gasteiger partial charge on any atom is 0.284 e. The van der Waals surface area contributed by atoms with Crippen LogP contribution in [0.4, 0.5) is 0 Å². The Morgan fingerprint density at radius 1 is 1.32 bits per heavy atom. The van der Waals surface area contributed by atoms with Gasteiger partial charge in [-0.25, -0.2) is 5.48 Å². The van der Waals surface area contributed by atoms with Crippen molar-refractivity contribution in [3.8, 4) is 5.75 Å². The molecule has 0 radical (unpaired) electrons. The van der Waals surface area contributed by atoms with Crippen molar-refractivity contribution in [2.24, 2.45) is 0 Å². The van der Waals surface area contributed by atoms with Gasteiger partial charge in [-0.3, -0.25) is 9.63 Å². The van der Waals surface area contributed by atoms with E-state index < -0.39 is 6.10 Å². The number of hydrogen-bond donors (Lipinski definition) is 1. The van der Waals surface area contributed by atoms with E-state index in [1.54, 1.807) is 6.92 Å². The van der Waals surface area contributed by atoms with E-state index in [1.807, 2.05) is 24.3 Å². The van der Waals surface area contributed by atoms with Gasteiger partial charge in [-0.1, -0.05) is 28.8 Å². The molecule has 2 rings (SSSR count). The molecular weight excluding hydrogens is 310 g/mol. The minimum atomic E-state index is -0.581. The number of amides is 1. The third kappa shape index (κ3) is 4.51. The van der Waals surface area contributed by atoms with Gasteiger partial charge in [-0.05, 0) is 44.0 Å². The van der Waals surface area contributed by atoms with Crippen molar-refractivity contribution in [2.45, 2.75) is 44.8 Å². The Kier molecular flexibility index (Phi) is 5.22. The van der Waals surface area contributed by atoms with Crippen LogP contribution >= 0.6 is 15.9 Å². The normalized spacial score (nSPS) is 17.2. The molecule has 1 N–H and O–H groups in total. The predicted octanol–water partition coefficient (Wildman–Crippen LogP) is 3.21. The lowest BCUT2D eigenvalue weighted by molar-refractivity contribution is -0.144. The molecule has 1 atom stereocenters. The van der Waals surface area contributed by atoms with Crippen LogP contribution in [0.2, 0.25) is 0 Å². The molecule has 5 heteroatoms. The molecule has 1 aliphatic rings. The average Bonchev–Trinajstić information content (AvgIpc) is 2.91. The van der Waals surface area contributed by atoms with E-state index in [2.05, 4.69) is 21.4 Å². The molecule has 0 spiro atoms. The first-order valence-electron chi connectivity index (χ1n) is 6.53. The Labute approximate surface area is 121 Å². The average molecular weight is 328 g/mol. The Morgan fingerprint density at radius 2 is 1.95 bits per heavy atom. The summed E-state index contributed by atoms with van der Waals surface area (Å²) in [7, 11) is 0. The SMILES string of the molecule is CC(Oc1ccc(Br)cc1)C(=O)NOC1CCCC1. The van der Waals surface area contributed by atoms with Gasteiger partial charge >= 0.3 is 0 Å². The lowest BCUT2D eigenvalue weighted by Gasteiger charge is -2.16. The van der Waals surface area contributed by atoms with Crippen LogP contribution in [-0.4, -0.2) is 18.1 Å². The monoisotopic (exact) mass is 327 g/mol. The summed E-state index contributed by atoms with van der Waals surface area (Å²) in [5.74, 6) is 0.404. The number of carbonyl (C=O) groups excluding carboxylic acids is 1. The van der Waals surface area contributed by atoms with Crippen molar-refractivity contribution in [3.05, 3.63) is 28.7 Å². The highest BCUT2D eigenvalue weighted by Crippen LogP contribution is 2.20. The van der Waals surface area contributed by atoms with Gasteiger partial charge in [0.05, 0.1) is 6.10 Å². The van der Waals surface area contributed by atoms with Gasteiger partial charge in [0.2, 0.25) is 0 Å². The smallest absolute Gasteiger partial charge is 0.284 e. The summed E-state index contributed by atoms with van der Waals surface area (Å²) in [6.07, 6.45) is 3.95. The largest absolute Gasteiger partial charge is 0.481 e. The van der Waals surface area contributed by atoms with Gasteiger partial charge in [0.1, 0.15) is 5.75 Å². The fraction of sp³-hybridized carbons (Fsp3) is 0.500. The van der Waals surface area contributed by atoms with Crippen molar-refractivity contribution in [2.75, 3.05) is 0 Å². The highest BCUT2D eigenvalue weighted by atomic mass is 79.9. The molecule has 1 aromatic carbocycles. The predicted molar refractivity (Wildman–Crippen MR) is 75.7 cm³/mol. The van der Waals surface area contributed by atoms with Crippen LogP contribution in [0.15, 0.2) is 28.7 Å². The lowest BCUT2D eigenvalue weighted by Crippen LogP contribution is -2.38. The second kappa shape index (κ2) is 6.91. The van der Waals surface area contributed by atoms with Crippen molar-refractivity contribution >= 4 is 21.8 Å². The molecule has 1 aliphatic carbocycles. The fourth-order valence-electron chi connectivity index (χ4n) is 2.00. The van der Waals surface area contributed by atoms with Crippen LogP contribution in [0.25, 0.3) is 0 Å². The van der Waals surface area contributed by atoms with E-state index >= 15 is 0 Å². The van der Waals surface area contributed by atoms with Gasteiger partial charge in [-0.2, -0.15) is 0 Å². The van der Waals surface area contributed by atoms with Gasteiger partial charge < -0.3 is 4.74 Å². The van der Waals surface area contributed by atoms with Crippen molar-refractivity contribution in [1.29, 1.82) is 0 Å². The Hall–Kier alpha value is -1.07. The summed E-state index contributed by atoms with van der Waals surface area (Å²) in [6, 6.07) is 7.36. The molecular formula is C14H18BrNO3. The molecule has 1 amide bonds. The quantitative estimate of drug-likeness (QED) is 0.845. The first-order chi connectivity index (χ1) is 9.15. The van der Waals surface area contributed by atoms with Crippen molar-refractivity contribution in [1.82, 2.24) is 5.48 Å². The van der Waals surface area contributed by atoms with Crippen LogP contribution in [0.1, 0.15) is 32.6 Å². The first kappa shape index (κ1) is 14.3. The maximum absolute atomic E-state index is 11.8. The molecule has 0 saturated heterocycles. The summed E-state index contributed by atoms with van der Waals surface area (Å²) in [6.45, 7) is 1.70. The van der Waals surface area contributed by atoms with E-state index in [-0.39, 0.29) is 12.0 Å². The standard InChI is InChI=1S/C14H18BrNO3/c1-10(18-12-8-6-11(15)7-9-12)14(17)16-19-13-4-2-3-5-13/h6-10,13H,2-5H2,1H3,(H,16,17). The zero-order valence-electron chi connectivity index (χ0n) is 10.9. The summed E-state index contributed by atoms with van der Waals surface area (Å²) in [5.41, 5.74) is 2.48. The van der Waals surface area contributed by atoms with E-state index in [9.17, 15) is 4.79 Å². The maximum atomic E-state index is 11.8. The van der Waals surface area contributed by atoms with Crippen LogP contribution in [0.5, 0.6) is 5.75 Å². The first-order valence-corrected chi connectivity index (χ1v) is 7.32. The third-order valence-corrected chi connectivity index (χ3v) is 3.65. The molecule has 0 aromatic heterocycles. The summed E-state index contributed by atoms with van der Waals surface area (Å²) in [4.78, 5) is 17.2. The van der Waals surface area contributed by atoms with Crippen LogP contribution in [0, 0.1) is 0 Å². The summed E-state index contributed by atoms with van der Waals surface area (Å²) >= 11 is 3.35. The molecule has 4 nitrogen and oxygen atoms in total. The van der Waals surface area contributed by atoms with Crippen LogP contribution < -0.4 is 10.2 Å². The number of halogens is 1. The highest BCUT2D eigenvalue weighted by molar-refractivity contribution is 9.10. The molecule has 1 unspecified atom stereocenters. The number of benzene rings is 1. The third-order valence-electron chi connectivity index (χ3n) is 3.12. The summed E-state index contributed by atoms with van der Waals surface area (Å²) < 4.78 is 6.51. The fourth-order valence-corrected chi connectivity index (χ4v) is 2.27. The molecule has 19 heavy (non-hydrogen) atoms. The molecule has 0 heterocycles. The van der Waals surface area contributed by atoms with Gasteiger partial charge in [-0.15, -0.1) is 0 Å². The molecule has 1 aromatic rings. The molecule has 104 valence electrons. The number of rotatable bonds is 5. The van der Waals surface area contributed by atoms with Crippen LogP contribution in [0.3, 0.4) is 0 Å². The zero-order valence-corrected chi connectivity index (χ0v) is 12.5. The van der Waals surface area contributed by atoms with Crippen molar-refractivity contribution < 1.29 is 14.4 Å². The van der Waals surface area contributed by atoms with E-state index in [0.29, 0.717) is 5.75 Å². The molecule has 0 aliphatic heterocycles. The number of nitrogens with one attached hydrogen (secondary N) is 1. The zero-order chi connectivity index (χ0) is 13.7. The van der Waals surface area contributed by atoms with E-state index in [4.69, 9.17) is 9.57 Å². The van der Waals surface area contributed by atoms with Crippen LogP contribution in [-0.2, 0) is 9.63 Å². The number of hydrogen-bond acceptors (Lipinski definition) is 3. The van der Waals surface area contributed by atoms with Gasteiger partial charge in [0.25, 0.3) is 5.91 Å². The minimum Gasteiger partial charge on any atom is -0.481 e. The molecule has 1 saturated carbocycles. The second-order valence-corrected chi connectivity index (χ2v) is 5.62. The Bertz CT molecular complexity index is 415.